The Bertz CT molecular complexity index is 90.5. The highest BCUT2D eigenvalue weighted by atomic mass is 32.2. The summed E-state index contributed by atoms with van der Waals surface area (Å²) in [6.07, 6.45) is -0.554. The second-order valence-corrected chi connectivity index (χ2v) is 3.86. The van der Waals surface area contributed by atoms with Gasteiger partial charge in [-0.05, 0) is 14.1 Å². The molecule has 0 fully saturated rings. The Morgan fingerprint density at radius 2 is 2.09 bits per heavy atom. The van der Waals surface area contributed by atoms with E-state index in [1.54, 1.807) is 11.8 Å². The zero-order valence-corrected chi connectivity index (χ0v) is 7.97. The minimum Gasteiger partial charge on any atom is -0.394 e. The summed E-state index contributed by atoms with van der Waals surface area (Å²) in [6, 6.07) is 0. The van der Waals surface area contributed by atoms with E-state index in [1.807, 2.05) is 14.1 Å². The van der Waals surface area contributed by atoms with Gasteiger partial charge < -0.3 is 15.1 Å². The topological polar surface area (TPSA) is 43.7 Å². The molecule has 0 rings (SSSR count). The predicted octanol–water partition coefficient (Wildman–Crippen LogP) is -0.366. The van der Waals surface area contributed by atoms with Gasteiger partial charge in [-0.2, -0.15) is 11.8 Å². The van der Waals surface area contributed by atoms with Gasteiger partial charge in [-0.25, -0.2) is 0 Å². The van der Waals surface area contributed by atoms with E-state index >= 15 is 0 Å². The van der Waals surface area contributed by atoms with Crippen LogP contribution in [0.2, 0.25) is 0 Å². The molecule has 0 amide bonds. The lowest BCUT2D eigenvalue weighted by atomic mass is 10.4. The van der Waals surface area contributed by atoms with E-state index in [0.29, 0.717) is 5.75 Å². The molecule has 1 atom stereocenters. The van der Waals surface area contributed by atoms with Crippen LogP contribution in [0.4, 0.5) is 0 Å². The van der Waals surface area contributed by atoms with Crippen LogP contribution < -0.4 is 0 Å². The average Bonchev–Trinajstić information content (AvgIpc) is 1.97. The van der Waals surface area contributed by atoms with Crippen molar-refractivity contribution in [3.63, 3.8) is 0 Å². The van der Waals surface area contributed by atoms with Crippen molar-refractivity contribution in [2.24, 2.45) is 0 Å². The summed E-state index contributed by atoms with van der Waals surface area (Å²) in [5.41, 5.74) is 0. The fraction of sp³-hybridized carbons (Fsp3) is 1.00. The molecule has 0 aromatic rings. The van der Waals surface area contributed by atoms with Crippen molar-refractivity contribution >= 4 is 11.8 Å². The van der Waals surface area contributed by atoms with E-state index in [1.165, 1.54) is 0 Å². The fourth-order valence-electron chi connectivity index (χ4n) is 0.519. The van der Waals surface area contributed by atoms with Gasteiger partial charge in [0.1, 0.15) is 0 Å². The molecule has 3 nitrogen and oxygen atoms in total. The molecule has 0 aromatic carbocycles. The van der Waals surface area contributed by atoms with Gasteiger partial charge in [0.05, 0.1) is 12.7 Å². The lowest BCUT2D eigenvalue weighted by Crippen LogP contribution is -2.18. The zero-order valence-electron chi connectivity index (χ0n) is 7.16. The summed E-state index contributed by atoms with van der Waals surface area (Å²) in [7, 11) is 4.03. The third kappa shape index (κ3) is 8.13. The molecule has 0 aliphatic carbocycles. The molecule has 68 valence electrons. The molecule has 0 aliphatic rings. The predicted molar refractivity (Wildman–Crippen MR) is 49.0 cm³/mol. The Balaban J connectivity index is 3.01. The average molecular weight is 179 g/mol. The quantitative estimate of drug-likeness (QED) is 0.546. The maximum Gasteiger partial charge on any atom is 0.0861 e. The number of aliphatic hydroxyl groups is 2. The first-order chi connectivity index (χ1) is 5.16. The second kappa shape index (κ2) is 6.91. The van der Waals surface area contributed by atoms with Crippen LogP contribution in [0.3, 0.4) is 0 Å². The molecule has 0 bridgehead atoms. The first-order valence-corrected chi connectivity index (χ1v) is 4.83. The minimum atomic E-state index is -0.554. The van der Waals surface area contributed by atoms with Crippen LogP contribution in [0.15, 0.2) is 0 Å². The fourth-order valence-corrected chi connectivity index (χ4v) is 1.56. The van der Waals surface area contributed by atoms with Gasteiger partial charge in [0, 0.05) is 18.1 Å². The maximum absolute atomic E-state index is 8.94. The first-order valence-electron chi connectivity index (χ1n) is 3.68. The SMILES string of the molecule is CN(C)CCSCC(O)CO. The molecular formula is C7H17NO2S. The largest absolute Gasteiger partial charge is 0.394 e. The summed E-state index contributed by atoms with van der Waals surface area (Å²) in [5.74, 6) is 1.63. The van der Waals surface area contributed by atoms with Gasteiger partial charge in [0.15, 0.2) is 0 Å². The summed E-state index contributed by atoms with van der Waals surface area (Å²) < 4.78 is 0. The lowest BCUT2D eigenvalue weighted by molar-refractivity contribution is 0.113. The molecule has 4 heteroatoms. The minimum absolute atomic E-state index is 0.130. The van der Waals surface area contributed by atoms with Crippen LogP contribution in [-0.4, -0.2) is 60.0 Å². The van der Waals surface area contributed by atoms with Crippen molar-refractivity contribution in [2.45, 2.75) is 6.10 Å². The Morgan fingerprint density at radius 1 is 1.45 bits per heavy atom. The van der Waals surface area contributed by atoms with E-state index in [0.717, 1.165) is 12.3 Å². The number of aliphatic hydroxyl groups excluding tert-OH is 2. The lowest BCUT2D eigenvalue weighted by Gasteiger charge is -2.10. The van der Waals surface area contributed by atoms with Gasteiger partial charge in [-0.3, -0.25) is 0 Å². The molecule has 0 saturated heterocycles. The monoisotopic (exact) mass is 179 g/mol. The third-order valence-electron chi connectivity index (χ3n) is 1.20. The van der Waals surface area contributed by atoms with Crippen molar-refractivity contribution in [1.29, 1.82) is 0 Å². The molecule has 0 aromatic heterocycles. The van der Waals surface area contributed by atoms with Crippen LogP contribution in [0.5, 0.6) is 0 Å². The van der Waals surface area contributed by atoms with Crippen LogP contribution in [0.25, 0.3) is 0 Å². The number of hydrogen-bond acceptors (Lipinski definition) is 4. The van der Waals surface area contributed by atoms with Gasteiger partial charge in [0.2, 0.25) is 0 Å². The number of hydrogen-bond donors (Lipinski definition) is 2. The Morgan fingerprint density at radius 3 is 2.55 bits per heavy atom. The number of thioether (sulfide) groups is 1. The van der Waals surface area contributed by atoms with Crippen molar-refractivity contribution in [3.05, 3.63) is 0 Å². The molecule has 11 heavy (non-hydrogen) atoms. The Labute approximate surface area is 72.4 Å². The van der Waals surface area contributed by atoms with Crippen molar-refractivity contribution in [3.8, 4) is 0 Å². The summed E-state index contributed by atoms with van der Waals surface area (Å²) >= 11 is 1.66. The molecule has 0 saturated carbocycles. The third-order valence-corrected chi connectivity index (χ3v) is 2.30. The van der Waals surface area contributed by atoms with Crippen LogP contribution >= 0.6 is 11.8 Å². The molecule has 0 heterocycles. The zero-order chi connectivity index (χ0) is 8.69. The molecular weight excluding hydrogens is 162 g/mol. The Hall–Kier alpha value is 0.230. The van der Waals surface area contributed by atoms with E-state index in [9.17, 15) is 0 Å². The molecule has 0 radical (unpaired) electrons. The van der Waals surface area contributed by atoms with E-state index in [2.05, 4.69) is 4.90 Å². The van der Waals surface area contributed by atoms with Gasteiger partial charge >= 0.3 is 0 Å². The molecule has 1 unspecified atom stereocenters. The van der Waals surface area contributed by atoms with Gasteiger partial charge in [0.25, 0.3) is 0 Å². The van der Waals surface area contributed by atoms with E-state index in [4.69, 9.17) is 10.2 Å². The van der Waals surface area contributed by atoms with Crippen molar-refractivity contribution < 1.29 is 10.2 Å². The first kappa shape index (κ1) is 11.2. The second-order valence-electron chi connectivity index (χ2n) is 2.71. The standard InChI is InChI=1S/C7H17NO2S/c1-8(2)3-4-11-6-7(10)5-9/h7,9-10H,3-6H2,1-2H3. The summed E-state index contributed by atoms with van der Waals surface area (Å²) in [4.78, 5) is 2.10. The molecule has 0 aliphatic heterocycles. The van der Waals surface area contributed by atoms with E-state index in [-0.39, 0.29) is 6.61 Å². The molecule has 0 spiro atoms. The van der Waals surface area contributed by atoms with Crippen molar-refractivity contribution in [1.82, 2.24) is 4.90 Å². The van der Waals surface area contributed by atoms with Gasteiger partial charge in [-0.15, -0.1) is 0 Å². The number of rotatable bonds is 6. The Kier molecular flexibility index (Phi) is 7.06. The van der Waals surface area contributed by atoms with Crippen molar-refractivity contribution in [2.75, 3.05) is 38.8 Å². The van der Waals surface area contributed by atoms with Gasteiger partial charge in [-0.1, -0.05) is 0 Å². The highest BCUT2D eigenvalue weighted by Gasteiger charge is 2.00. The summed E-state index contributed by atoms with van der Waals surface area (Å²) in [6.45, 7) is 0.887. The van der Waals surface area contributed by atoms with Crippen LogP contribution in [-0.2, 0) is 0 Å². The summed E-state index contributed by atoms with van der Waals surface area (Å²) in [5, 5.41) is 17.4. The highest BCUT2D eigenvalue weighted by molar-refractivity contribution is 7.99. The molecule has 2 N–H and O–H groups in total. The normalized spacial score (nSPS) is 13.9. The van der Waals surface area contributed by atoms with Crippen LogP contribution in [0, 0.1) is 0 Å². The van der Waals surface area contributed by atoms with Crippen LogP contribution in [0.1, 0.15) is 0 Å². The number of nitrogens with zero attached hydrogens (tertiary/aromatic N) is 1. The highest BCUT2D eigenvalue weighted by Crippen LogP contribution is 2.02. The smallest absolute Gasteiger partial charge is 0.0861 e. The maximum atomic E-state index is 8.94. The van der Waals surface area contributed by atoms with E-state index < -0.39 is 6.10 Å².